The van der Waals surface area contributed by atoms with E-state index in [1.165, 1.54) is 10.6 Å². The van der Waals surface area contributed by atoms with Crippen LogP contribution in [-0.2, 0) is 10.0 Å². The number of aliphatic hydroxyl groups is 1. The largest absolute Gasteiger partial charge is 0.392 e. The van der Waals surface area contributed by atoms with Crippen molar-refractivity contribution in [1.29, 1.82) is 0 Å². The van der Waals surface area contributed by atoms with Crippen LogP contribution < -0.4 is 0 Å². The lowest BCUT2D eigenvalue weighted by atomic mass is 10.1. The molecular formula is C10H22N2O3S. The Morgan fingerprint density at radius 1 is 1.25 bits per heavy atom. The molecule has 0 aromatic carbocycles. The van der Waals surface area contributed by atoms with E-state index < -0.39 is 10.0 Å². The minimum Gasteiger partial charge on any atom is -0.392 e. The van der Waals surface area contributed by atoms with Crippen LogP contribution in [0.25, 0.3) is 0 Å². The predicted molar refractivity (Wildman–Crippen MR) is 63.7 cm³/mol. The summed E-state index contributed by atoms with van der Waals surface area (Å²) in [5.74, 6) is 0. The fourth-order valence-corrected chi connectivity index (χ4v) is 2.85. The molecule has 1 fully saturated rings. The van der Waals surface area contributed by atoms with E-state index in [9.17, 15) is 13.5 Å². The number of rotatable bonds is 4. The molecule has 0 spiro atoms. The van der Waals surface area contributed by atoms with Gasteiger partial charge in [0.1, 0.15) is 0 Å². The van der Waals surface area contributed by atoms with Crippen LogP contribution in [-0.4, -0.2) is 67.3 Å². The molecule has 0 bridgehead atoms. The molecule has 96 valence electrons. The van der Waals surface area contributed by atoms with E-state index in [4.69, 9.17) is 0 Å². The van der Waals surface area contributed by atoms with E-state index in [1.807, 2.05) is 13.8 Å². The van der Waals surface area contributed by atoms with Crippen molar-refractivity contribution in [3.63, 3.8) is 0 Å². The molecule has 1 saturated heterocycles. The van der Waals surface area contributed by atoms with E-state index >= 15 is 0 Å². The van der Waals surface area contributed by atoms with Crippen LogP contribution in [0.1, 0.15) is 20.3 Å². The van der Waals surface area contributed by atoms with Gasteiger partial charge in [-0.05, 0) is 13.3 Å². The summed E-state index contributed by atoms with van der Waals surface area (Å²) >= 11 is 0. The van der Waals surface area contributed by atoms with Crippen LogP contribution in [0.15, 0.2) is 0 Å². The van der Waals surface area contributed by atoms with Crippen LogP contribution in [0, 0.1) is 0 Å². The summed E-state index contributed by atoms with van der Waals surface area (Å²) in [5.41, 5.74) is 0. The van der Waals surface area contributed by atoms with E-state index in [0.717, 1.165) is 6.42 Å². The second-order valence-corrected chi connectivity index (χ2v) is 6.40. The molecule has 1 heterocycles. The van der Waals surface area contributed by atoms with Crippen molar-refractivity contribution >= 4 is 10.0 Å². The molecule has 5 nitrogen and oxygen atoms in total. The minimum atomic E-state index is -3.06. The Labute approximate surface area is 98.1 Å². The van der Waals surface area contributed by atoms with Gasteiger partial charge in [-0.15, -0.1) is 0 Å². The SMILES string of the molecule is CCC(O)C(C)N1CCN(S(C)(=O)=O)CC1. The lowest BCUT2D eigenvalue weighted by Crippen LogP contribution is -2.53. The summed E-state index contributed by atoms with van der Waals surface area (Å²) in [6.07, 6.45) is 1.64. The highest BCUT2D eigenvalue weighted by molar-refractivity contribution is 7.88. The summed E-state index contributed by atoms with van der Waals surface area (Å²) in [7, 11) is -3.06. The number of hydrogen-bond acceptors (Lipinski definition) is 4. The van der Waals surface area contributed by atoms with Gasteiger partial charge in [-0.1, -0.05) is 6.92 Å². The topological polar surface area (TPSA) is 60.9 Å². The first-order valence-corrected chi connectivity index (χ1v) is 7.58. The number of piperazine rings is 1. The second kappa shape index (κ2) is 5.44. The summed E-state index contributed by atoms with van der Waals surface area (Å²) in [5, 5.41) is 9.73. The minimum absolute atomic E-state index is 0.103. The number of nitrogens with zero attached hydrogens (tertiary/aromatic N) is 2. The van der Waals surface area contributed by atoms with E-state index in [1.54, 1.807) is 0 Å². The smallest absolute Gasteiger partial charge is 0.211 e. The van der Waals surface area contributed by atoms with E-state index in [-0.39, 0.29) is 12.1 Å². The van der Waals surface area contributed by atoms with Gasteiger partial charge >= 0.3 is 0 Å². The Morgan fingerprint density at radius 3 is 2.12 bits per heavy atom. The second-order valence-electron chi connectivity index (χ2n) is 4.41. The van der Waals surface area contributed by atoms with Crippen molar-refractivity contribution in [2.45, 2.75) is 32.4 Å². The first-order chi connectivity index (χ1) is 7.36. The van der Waals surface area contributed by atoms with E-state index in [0.29, 0.717) is 26.2 Å². The van der Waals surface area contributed by atoms with Crippen LogP contribution in [0.3, 0.4) is 0 Å². The highest BCUT2D eigenvalue weighted by Gasteiger charge is 2.28. The molecule has 0 aromatic rings. The lowest BCUT2D eigenvalue weighted by molar-refractivity contribution is 0.0390. The van der Waals surface area contributed by atoms with Crippen molar-refractivity contribution in [3.8, 4) is 0 Å². The fraction of sp³-hybridized carbons (Fsp3) is 1.00. The molecule has 0 amide bonds. The van der Waals surface area contributed by atoms with Gasteiger partial charge in [0.15, 0.2) is 0 Å². The van der Waals surface area contributed by atoms with Crippen LogP contribution >= 0.6 is 0 Å². The van der Waals surface area contributed by atoms with Gasteiger partial charge in [-0.3, -0.25) is 4.90 Å². The molecule has 0 aliphatic carbocycles. The monoisotopic (exact) mass is 250 g/mol. The zero-order valence-electron chi connectivity index (χ0n) is 10.3. The third-order valence-electron chi connectivity index (χ3n) is 3.29. The number of sulfonamides is 1. The summed E-state index contributed by atoms with van der Waals surface area (Å²) < 4.78 is 24.1. The lowest BCUT2D eigenvalue weighted by Gasteiger charge is -2.38. The van der Waals surface area contributed by atoms with Crippen LogP contribution in [0.4, 0.5) is 0 Å². The van der Waals surface area contributed by atoms with Gasteiger partial charge in [0.2, 0.25) is 10.0 Å². The van der Waals surface area contributed by atoms with Crippen LogP contribution in [0.5, 0.6) is 0 Å². The standard InChI is InChI=1S/C10H22N2O3S/c1-4-10(13)9(2)11-5-7-12(8-6-11)16(3,14)15/h9-10,13H,4-8H2,1-3H3. The first kappa shape index (κ1) is 13.9. The fourth-order valence-electron chi connectivity index (χ4n) is 2.03. The van der Waals surface area contributed by atoms with Crippen molar-refractivity contribution in [2.75, 3.05) is 32.4 Å². The maximum Gasteiger partial charge on any atom is 0.211 e. The molecular weight excluding hydrogens is 228 g/mol. The maximum absolute atomic E-state index is 11.3. The Morgan fingerprint density at radius 2 is 1.75 bits per heavy atom. The molecule has 1 aliphatic heterocycles. The quantitative estimate of drug-likeness (QED) is 0.746. The van der Waals surface area contributed by atoms with Crippen molar-refractivity contribution in [3.05, 3.63) is 0 Å². The molecule has 0 aromatic heterocycles. The molecule has 1 N–H and O–H groups in total. The normalized spacial score (nSPS) is 24.2. The highest BCUT2D eigenvalue weighted by atomic mass is 32.2. The Bertz CT molecular complexity index is 310. The molecule has 0 radical (unpaired) electrons. The summed E-state index contributed by atoms with van der Waals surface area (Å²) in [6.45, 7) is 6.40. The van der Waals surface area contributed by atoms with Gasteiger partial charge < -0.3 is 5.11 Å². The molecule has 16 heavy (non-hydrogen) atoms. The van der Waals surface area contributed by atoms with Gasteiger partial charge in [0.25, 0.3) is 0 Å². The predicted octanol–water partition coefficient (Wildman–Crippen LogP) is -0.277. The number of aliphatic hydroxyl groups excluding tert-OH is 1. The van der Waals surface area contributed by atoms with Gasteiger partial charge in [0, 0.05) is 32.2 Å². The molecule has 0 saturated carbocycles. The van der Waals surface area contributed by atoms with Crippen molar-refractivity contribution in [1.82, 2.24) is 9.21 Å². The average molecular weight is 250 g/mol. The van der Waals surface area contributed by atoms with Gasteiger partial charge in [-0.2, -0.15) is 4.31 Å². The highest BCUT2D eigenvalue weighted by Crippen LogP contribution is 2.12. The Balaban J connectivity index is 2.49. The zero-order chi connectivity index (χ0) is 12.3. The molecule has 1 aliphatic rings. The van der Waals surface area contributed by atoms with Crippen molar-refractivity contribution < 1.29 is 13.5 Å². The average Bonchev–Trinajstić information content (AvgIpc) is 2.26. The molecule has 2 atom stereocenters. The van der Waals surface area contributed by atoms with Crippen molar-refractivity contribution in [2.24, 2.45) is 0 Å². The molecule has 6 heteroatoms. The molecule has 1 rings (SSSR count). The Hall–Kier alpha value is -0.170. The molecule has 2 unspecified atom stereocenters. The van der Waals surface area contributed by atoms with E-state index in [2.05, 4.69) is 4.90 Å². The third kappa shape index (κ3) is 3.41. The maximum atomic E-state index is 11.3. The first-order valence-electron chi connectivity index (χ1n) is 5.73. The number of hydrogen-bond donors (Lipinski definition) is 1. The zero-order valence-corrected chi connectivity index (χ0v) is 11.1. The van der Waals surface area contributed by atoms with Crippen LogP contribution in [0.2, 0.25) is 0 Å². The Kier molecular flexibility index (Phi) is 4.73. The van der Waals surface area contributed by atoms with Gasteiger partial charge in [-0.25, -0.2) is 8.42 Å². The van der Waals surface area contributed by atoms with Gasteiger partial charge in [0.05, 0.1) is 12.4 Å². The third-order valence-corrected chi connectivity index (χ3v) is 4.60. The summed E-state index contributed by atoms with van der Waals surface area (Å²) in [6, 6.07) is 0.103. The summed E-state index contributed by atoms with van der Waals surface area (Å²) in [4.78, 5) is 2.15.